The lowest BCUT2D eigenvalue weighted by atomic mass is 9.94. The summed E-state index contributed by atoms with van der Waals surface area (Å²) in [4.78, 5) is 2.69. The molecule has 1 aromatic carbocycles. The fourth-order valence-corrected chi connectivity index (χ4v) is 3.77. The summed E-state index contributed by atoms with van der Waals surface area (Å²) in [6, 6.07) is 10.1. The van der Waals surface area contributed by atoms with Crippen LogP contribution in [-0.4, -0.2) is 30.6 Å². The molecule has 0 amide bonds. The zero-order chi connectivity index (χ0) is 15.2. The van der Waals surface area contributed by atoms with Crippen LogP contribution in [0.15, 0.2) is 24.3 Å². The fraction of sp³-hybridized carbons (Fsp3) is 0.684. The lowest BCUT2D eigenvalue weighted by Gasteiger charge is -2.37. The summed E-state index contributed by atoms with van der Waals surface area (Å²) in [6.45, 7) is 12.6. The van der Waals surface area contributed by atoms with Gasteiger partial charge in [-0.05, 0) is 49.4 Å². The highest BCUT2D eigenvalue weighted by molar-refractivity contribution is 5.32. The van der Waals surface area contributed by atoms with E-state index in [0.717, 1.165) is 19.0 Å². The molecule has 1 N–H and O–H groups in total. The van der Waals surface area contributed by atoms with Crippen molar-refractivity contribution >= 4 is 0 Å². The highest BCUT2D eigenvalue weighted by Crippen LogP contribution is 2.32. The van der Waals surface area contributed by atoms with Gasteiger partial charge in [-0.25, -0.2) is 0 Å². The van der Waals surface area contributed by atoms with Crippen molar-refractivity contribution in [2.24, 2.45) is 5.92 Å². The van der Waals surface area contributed by atoms with Gasteiger partial charge in [-0.15, -0.1) is 0 Å². The predicted octanol–water partition coefficient (Wildman–Crippen LogP) is 4.02. The van der Waals surface area contributed by atoms with Gasteiger partial charge >= 0.3 is 0 Å². The van der Waals surface area contributed by atoms with E-state index in [9.17, 15) is 0 Å². The summed E-state index contributed by atoms with van der Waals surface area (Å²) < 4.78 is 0. The molecule has 0 heterocycles. The highest BCUT2D eigenvalue weighted by Gasteiger charge is 2.30. The van der Waals surface area contributed by atoms with Crippen LogP contribution in [0.2, 0.25) is 0 Å². The summed E-state index contributed by atoms with van der Waals surface area (Å²) in [6.07, 6.45) is 3.83. The van der Waals surface area contributed by atoms with E-state index >= 15 is 0 Å². The van der Waals surface area contributed by atoms with Crippen molar-refractivity contribution in [3.63, 3.8) is 0 Å². The van der Waals surface area contributed by atoms with Gasteiger partial charge in [0.05, 0.1) is 0 Å². The van der Waals surface area contributed by atoms with Crippen molar-refractivity contribution in [3.05, 3.63) is 35.4 Å². The van der Waals surface area contributed by atoms with E-state index in [2.05, 4.69) is 62.2 Å². The average molecular weight is 288 g/mol. The Labute approximate surface area is 130 Å². The molecule has 0 aromatic heterocycles. The van der Waals surface area contributed by atoms with Crippen LogP contribution in [0.3, 0.4) is 0 Å². The molecule has 0 saturated carbocycles. The number of nitrogens with one attached hydrogen (secondary N) is 1. The van der Waals surface area contributed by atoms with Gasteiger partial charge in [0, 0.05) is 18.6 Å². The van der Waals surface area contributed by atoms with Crippen LogP contribution in [0, 0.1) is 5.92 Å². The number of hydrogen-bond acceptors (Lipinski definition) is 2. The quantitative estimate of drug-likeness (QED) is 0.795. The molecule has 0 fully saturated rings. The van der Waals surface area contributed by atoms with Gasteiger partial charge in [-0.2, -0.15) is 0 Å². The van der Waals surface area contributed by atoms with E-state index in [-0.39, 0.29) is 0 Å². The Balaban J connectivity index is 2.30. The van der Waals surface area contributed by atoms with Gasteiger partial charge < -0.3 is 5.32 Å². The van der Waals surface area contributed by atoms with Crippen LogP contribution < -0.4 is 5.32 Å². The molecule has 2 nitrogen and oxygen atoms in total. The zero-order valence-corrected chi connectivity index (χ0v) is 14.2. The second-order valence-corrected chi connectivity index (χ2v) is 6.68. The average Bonchev–Trinajstić information content (AvgIpc) is 2.65. The number of hydrogen-bond donors (Lipinski definition) is 1. The zero-order valence-electron chi connectivity index (χ0n) is 14.2. The molecule has 1 aromatic rings. The highest BCUT2D eigenvalue weighted by atomic mass is 15.2. The Kier molecular flexibility index (Phi) is 6.25. The Morgan fingerprint density at radius 3 is 2.67 bits per heavy atom. The first kappa shape index (κ1) is 16.5. The van der Waals surface area contributed by atoms with Crippen molar-refractivity contribution in [2.75, 3.05) is 19.6 Å². The molecule has 1 aliphatic carbocycles. The van der Waals surface area contributed by atoms with E-state index in [4.69, 9.17) is 0 Å². The van der Waals surface area contributed by atoms with Gasteiger partial charge in [0.2, 0.25) is 0 Å². The molecule has 2 heteroatoms. The summed E-state index contributed by atoms with van der Waals surface area (Å²) >= 11 is 0. The maximum atomic E-state index is 3.78. The second kappa shape index (κ2) is 7.95. The van der Waals surface area contributed by atoms with E-state index in [0.29, 0.717) is 12.1 Å². The monoisotopic (exact) mass is 288 g/mol. The molecule has 0 saturated heterocycles. The van der Waals surface area contributed by atoms with Crippen LogP contribution in [0.4, 0.5) is 0 Å². The normalized spacial score (nSPS) is 22.4. The van der Waals surface area contributed by atoms with Crippen molar-refractivity contribution in [1.29, 1.82) is 0 Å². The number of rotatable bonds is 6. The molecule has 2 atom stereocenters. The summed E-state index contributed by atoms with van der Waals surface area (Å²) in [7, 11) is 0. The molecule has 21 heavy (non-hydrogen) atoms. The first-order chi connectivity index (χ1) is 10.2. The number of fused-ring (bicyclic) bond motifs is 1. The maximum Gasteiger partial charge on any atom is 0.0480 e. The molecule has 0 aliphatic heterocycles. The van der Waals surface area contributed by atoms with E-state index in [1.165, 1.54) is 31.4 Å². The minimum absolute atomic E-state index is 0.479. The predicted molar refractivity (Wildman–Crippen MR) is 91.7 cm³/mol. The standard InChI is InChI=1S/C19H32N2/c1-5-20-19-17-12-8-7-10-16(17)11-9-13-18(19)21(6-2)14-15(3)4/h7-8,10,12,15,18-20H,5-6,9,11,13-14H2,1-4H3. The minimum atomic E-state index is 0.479. The van der Waals surface area contributed by atoms with Crippen LogP contribution in [0.5, 0.6) is 0 Å². The van der Waals surface area contributed by atoms with Crippen molar-refractivity contribution in [1.82, 2.24) is 10.2 Å². The molecule has 0 radical (unpaired) electrons. The van der Waals surface area contributed by atoms with Crippen molar-refractivity contribution in [3.8, 4) is 0 Å². The molecule has 0 spiro atoms. The lowest BCUT2D eigenvalue weighted by molar-refractivity contribution is 0.140. The lowest BCUT2D eigenvalue weighted by Crippen LogP contribution is -2.45. The molecular weight excluding hydrogens is 256 g/mol. The van der Waals surface area contributed by atoms with Gasteiger partial charge in [0.25, 0.3) is 0 Å². The van der Waals surface area contributed by atoms with Gasteiger partial charge in [-0.3, -0.25) is 4.90 Å². The van der Waals surface area contributed by atoms with Gasteiger partial charge in [-0.1, -0.05) is 52.0 Å². The Bertz CT molecular complexity index is 427. The summed E-state index contributed by atoms with van der Waals surface area (Å²) in [5, 5.41) is 3.78. The van der Waals surface area contributed by atoms with Crippen LogP contribution >= 0.6 is 0 Å². The number of aryl methyl sites for hydroxylation is 1. The van der Waals surface area contributed by atoms with Crippen LogP contribution in [0.1, 0.15) is 57.7 Å². The van der Waals surface area contributed by atoms with E-state index in [1.807, 2.05) is 0 Å². The summed E-state index contributed by atoms with van der Waals surface area (Å²) in [5.41, 5.74) is 3.08. The van der Waals surface area contributed by atoms with E-state index in [1.54, 1.807) is 5.56 Å². The molecule has 0 bridgehead atoms. The third-order valence-corrected chi connectivity index (χ3v) is 4.62. The largest absolute Gasteiger partial charge is 0.309 e. The van der Waals surface area contributed by atoms with Crippen molar-refractivity contribution < 1.29 is 0 Å². The Morgan fingerprint density at radius 1 is 1.24 bits per heavy atom. The number of likely N-dealkylation sites (N-methyl/N-ethyl adjacent to an activating group) is 2. The second-order valence-electron chi connectivity index (χ2n) is 6.68. The van der Waals surface area contributed by atoms with Gasteiger partial charge in [0.1, 0.15) is 0 Å². The fourth-order valence-electron chi connectivity index (χ4n) is 3.77. The molecule has 1 aliphatic rings. The molecule has 2 unspecified atom stereocenters. The van der Waals surface area contributed by atoms with Gasteiger partial charge in [0.15, 0.2) is 0 Å². The molecular formula is C19H32N2. The SMILES string of the molecule is CCNC1c2ccccc2CCCC1N(CC)CC(C)C. The number of nitrogens with zero attached hydrogens (tertiary/aromatic N) is 1. The van der Waals surface area contributed by atoms with E-state index < -0.39 is 0 Å². The third-order valence-electron chi connectivity index (χ3n) is 4.62. The number of benzene rings is 1. The van der Waals surface area contributed by atoms with Crippen molar-refractivity contribution in [2.45, 2.75) is 59.0 Å². The van der Waals surface area contributed by atoms with Crippen LogP contribution in [0.25, 0.3) is 0 Å². The Morgan fingerprint density at radius 2 is 2.00 bits per heavy atom. The topological polar surface area (TPSA) is 15.3 Å². The first-order valence-corrected chi connectivity index (χ1v) is 8.72. The first-order valence-electron chi connectivity index (χ1n) is 8.72. The minimum Gasteiger partial charge on any atom is -0.309 e. The Hall–Kier alpha value is -0.860. The molecule has 118 valence electrons. The third kappa shape index (κ3) is 4.08. The van der Waals surface area contributed by atoms with Crippen LogP contribution in [-0.2, 0) is 6.42 Å². The molecule has 2 rings (SSSR count). The smallest absolute Gasteiger partial charge is 0.0480 e. The summed E-state index contributed by atoms with van der Waals surface area (Å²) in [5.74, 6) is 0.728. The maximum absolute atomic E-state index is 3.78.